The number of hydrogen-bond acceptors (Lipinski definition) is 5. The largest absolute Gasteiger partial charge is 0.491 e. The lowest BCUT2D eigenvalue weighted by molar-refractivity contribution is 0.189. The number of anilines is 1. The SMILES string of the molecule is Cc1cc2c(NC[C@@H](O)c3cccc(OC(C)C)c3)nccn2n1. The van der Waals surface area contributed by atoms with Crippen LogP contribution in [0.1, 0.15) is 31.2 Å². The summed E-state index contributed by atoms with van der Waals surface area (Å²) in [6.07, 6.45) is 2.93. The third kappa shape index (κ3) is 3.65. The monoisotopic (exact) mass is 326 g/mol. The summed E-state index contributed by atoms with van der Waals surface area (Å²) in [5.41, 5.74) is 2.61. The van der Waals surface area contributed by atoms with E-state index in [1.54, 1.807) is 16.9 Å². The molecule has 0 aliphatic rings. The number of rotatable bonds is 6. The molecule has 0 bridgehead atoms. The van der Waals surface area contributed by atoms with Crippen molar-refractivity contribution in [3.8, 4) is 5.75 Å². The standard InChI is InChI=1S/C18H22N4O2/c1-12(2)24-15-6-4-5-14(10-15)17(23)11-20-18-16-9-13(3)21-22(16)8-7-19-18/h4-10,12,17,23H,11H2,1-3H3,(H,19,20)/t17-/m1/s1. The van der Waals surface area contributed by atoms with Crippen LogP contribution in [0.5, 0.6) is 5.75 Å². The topological polar surface area (TPSA) is 71.7 Å². The summed E-state index contributed by atoms with van der Waals surface area (Å²) in [5.74, 6) is 1.46. The van der Waals surface area contributed by atoms with E-state index in [9.17, 15) is 5.11 Å². The van der Waals surface area contributed by atoms with Gasteiger partial charge in [-0.05, 0) is 44.5 Å². The smallest absolute Gasteiger partial charge is 0.152 e. The molecule has 0 unspecified atom stereocenters. The van der Waals surface area contributed by atoms with Crippen LogP contribution in [-0.4, -0.2) is 32.4 Å². The molecule has 2 N–H and O–H groups in total. The lowest BCUT2D eigenvalue weighted by Crippen LogP contribution is -2.14. The van der Waals surface area contributed by atoms with Gasteiger partial charge >= 0.3 is 0 Å². The summed E-state index contributed by atoms with van der Waals surface area (Å²) in [5, 5.41) is 18.0. The number of aromatic nitrogens is 3. The van der Waals surface area contributed by atoms with Crippen LogP contribution in [0.4, 0.5) is 5.82 Å². The molecule has 6 heteroatoms. The number of aliphatic hydroxyl groups is 1. The first-order valence-corrected chi connectivity index (χ1v) is 8.02. The van der Waals surface area contributed by atoms with E-state index in [1.165, 1.54) is 0 Å². The molecule has 24 heavy (non-hydrogen) atoms. The molecule has 0 radical (unpaired) electrons. The number of nitrogens with zero attached hydrogens (tertiary/aromatic N) is 3. The van der Waals surface area contributed by atoms with Crippen molar-refractivity contribution in [2.75, 3.05) is 11.9 Å². The van der Waals surface area contributed by atoms with E-state index in [2.05, 4.69) is 15.4 Å². The molecule has 0 aliphatic carbocycles. The molecular formula is C18H22N4O2. The highest BCUT2D eigenvalue weighted by Gasteiger charge is 2.11. The average molecular weight is 326 g/mol. The molecule has 3 rings (SSSR count). The van der Waals surface area contributed by atoms with Crippen LogP contribution in [0, 0.1) is 6.92 Å². The van der Waals surface area contributed by atoms with Crippen molar-refractivity contribution in [3.63, 3.8) is 0 Å². The molecule has 0 amide bonds. The molecule has 1 atom stereocenters. The van der Waals surface area contributed by atoms with Gasteiger partial charge in [0.1, 0.15) is 11.3 Å². The van der Waals surface area contributed by atoms with Crippen molar-refractivity contribution in [2.24, 2.45) is 0 Å². The van der Waals surface area contributed by atoms with Crippen LogP contribution >= 0.6 is 0 Å². The third-order valence-corrected chi connectivity index (χ3v) is 3.59. The molecular weight excluding hydrogens is 304 g/mol. The fourth-order valence-corrected chi connectivity index (χ4v) is 2.56. The number of fused-ring (bicyclic) bond motifs is 1. The summed E-state index contributed by atoms with van der Waals surface area (Å²) in [6, 6.07) is 9.48. The second kappa shape index (κ2) is 6.88. The molecule has 2 heterocycles. The Labute approximate surface area is 141 Å². The predicted molar refractivity (Wildman–Crippen MR) is 93.4 cm³/mol. The zero-order valence-electron chi connectivity index (χ0n) is 14.1. The first-order chi connectivity index (χ1) is 11.5. The Morgan fingerprint density at radius 1 is 1.29 bits per heavy atom. The average Bonchev–Trinajstić information content (AvgIpc) is 2.93. The van der Waals surface area contributed by atoms with E-state index in [0.29, 0.717) is 12.4 Å². The minimum atomic E-state index is -0.660. The van der Waals surface area contributed by atoms with Gasteiger partial charge in [-0.15, -0.1) is 0 Å². The van der Waals surface area contributed by atoms with Gasteiger partial charge in [-0.2, -0.15) is 5.10 Å². The Kier molecular flexibility index (Phi) is 4.66. The van der Waals surface area contributed by atoms with E-state index in [0.717, 1.165) is 22.5 Å². The van der Waals surface area contributed by atoms with Crippen molar-refractivity contribution < 1.29 is 9.84 Å². The fourth-order valence-electron chi connectivity index (χ4n) is 2.56. The van der Waals surface area contributed by atoms with Gasteiger partial charge in [0.15, 0.2) is 5.82 Å². The molecule has 0 spiro atoms. The quantitative estimate of drug-likeness (QED) is 0.729. The van der Waals surface area contributed by atoms with Crippen LogP contribution in [0.15, 0.2) is 42.7 Å². The Balaban J connectivity index is 1.71. The maximum atomic E-state index is 10.4. The van der Waals surface area contributed by atoms with E-state index in [4.69, 9.17) is 4.74 Å². The molecule has 0 saturated heterocycles. The molecule has 0 saturated carbocycles. The predicted octanol–water partition coefficient (Wildman–Crippen LogP) is 2.97. The van der Waals surface area contributed by atoms with Gasteiger partial charge in [0.05, 0.1) is 17.9 Å². The number of aliphatic hydroxyl groups excluding tert-OH is 1. The Bertz CT molecular complexity index is 829. The second-order valence-corrected chi connectivity index (χ2v) is 6.03. The van der Waals surface area contributed by atoms with E-state index >= 15 is 0 Å². The van der Waals surface area contributed by atoms with Gasteiger partial charge in [0, 0.05) is 18.9 Å². The number of ether oxygens (including phenoxy) is 1. The van der Waals surface area contributed by atoms with Crippen molar-refractivity contribution >= 4 is 11.3 Å². The summed E-state index contributed by atoms with van der Waals surface area (Å²) >= 11 is 0. The molecule has 126 valence electrons. The van der Waals surface area contributed by atoms with Gasteiger partial charge in [-0.3, -0.25) is 0 Å². The Hall–Kier alpha value is -2.60. The molecule has 2 aromatic heterocycles. The lowest BCUT2D eigenvalue weighted by atomic mass is 10.1. The van der Waals surface area contributed by atoms with Crippen molar-refractivity contribution in [1.29, 1.82) is 0 Å². The minimum absolute atomic E-state index is 0.0995. The number of aryl methyl sites for hydroxylation is 1. The first kappa shape index (κ1) is 16.3. The highest BCUT2D eigenvalue weighted by atomic mass is 16.5. The van der Waals surface area contributed by atoms with Crippen LogP contribution in [0.3, 0.4) is 0 Å². The van der Waals surface area contributed by atoms with Gasteiger partial charge in [0.25, 0.3) is 0 Å². The Morgan fingerprint density at radius 2 is 2.12 bits per heavy atom. The third-order valence-electron chi connectivity index (χ3n) is 3.59. The summed E-state index contributed by atoms with van der Waals surface area (Å²) in [4.78, 5) is 4.34. The van der Waals surface area contributed by atoms with Crippen molar-refractivity contribution in [1.82, 2.24) is 14.6 Å². The molecule has 1 aromatic carbocycles. The first-order valence-electron chi connectivity index (χ1n) is 8.02. The summed E-state index contributed by atoms with van der Waals surface area (Å²) in [6.45, 7) is 6.24. The van der Waals surface area contributed by atoms with Crippen LogP contribution < -0.4 is 10.1 Å². The van der Waals surface area contributed by atoms with E-state index in [1.807, 2.05) is 51.1 Å². The maximum Gasteiger partial charge on any atom is 0.152 e. The minimum Gasteiger partial charge on any atom is -0.491 e. The van der Waals surface area contributed by atoms with Crippen LogP contribution in [0.25, 0.3) is 5.52 Å². The molecule has 0 aliphatic heterocycles. The zero-order chi connectivity index (χ0) is 17.1. The second-order valence-electron chi connectivity index (χ2n) is 6.03. The normalized spacial score (nSPS) is 12.5. The molecule has 3 aromatic rings. The fraction of sp³-hybridized carbons (Fsp3) is 0.333. The summed E-state index contributed by atoms with van der Waals surface area (Å²) < 4.78 is 7.44. The van der Waals surface area contributed by atoms with Gasteiger partial charge in [0.2, 0.25) is 0 Å². The number of nitrogens with one attached hydrogen (secondary N) is 1. The lowest BCUT2D eigenvalue weighted by Gasteiger charge is -2.15. The van der Waals surface area contributed by atoms with Crippen LogP contribution in [0.2, 0.25) is 0 Å². The number of hydrogen-bond donors (Lipinski definition) is 2. The van der Waals surface area contributed by atoms with Crippen molar-refractivity contribution in [2.45, 2.75) is 33.0 Å². The molecule has 6 nitrogen and oxygen atoms in total. The van der Waals surface area contributed by atoms with Crippen LogP contribution in [-0.2, 0) is 0 Å². The highest BCUT2D eigenvalue weighted by Crippen LogP contribution is 2.21. The zero-order valence-corrected chi connectivity index (χ0v) is 14.1. The van der Waals surface area contributed by atoms with E-state index in [-0.39, 0.29) is 6.10 Å². The van der Waals surface area contributed by atoms with Gasteiger partial charge in [-0.1, -0.05) is 12.1 Å². The highest BCUT2D eigenvalue weighted by molar-refractivity contribution is 5.67. The number of benzene rings is 1. The van der Waals surface area contributed by atoms with Gasteiger partial charge < -0.3 is 15.2 Å². The summed E-state index contributed by atoms with van der Waals surface area (Å²) in [7, 11) is 0. The maximum absolute atomic E-state index is 10.4. The Morgan fingerprint density at radius 3 is 2.92 bits per heavy atom. The van der Waals surface area contributed by atoms with Gasteiger partial charge in [-0.25, -0.2) is 9.50 Å². The molecule has 0 fully saturated rings. The van der Waals surface area contributed by atoms with Crippen molar-refractivity contribution in [3.05, 3.63) is 54.0 Å². The van der Waals surface area contributed by atoms with E-state index < -0.39 is 6.10 Å².